The molecule has 0 spiro atoms. The molecule has 2 aromatic carbocycles. The Morgan fingerprint density at radius 1 is 1.21 bits per heavy atom. The normalized spacial score (nSPS) is 21.6. The highest BCUT2D eigenvalue weighted by molar-refractivity contribution is 5.79. The molecule has 2 unspecified atom stereocenters. The minimum atomic E-state index is -0.904. The lowest BCUT2D eigenvalue weighted by molar-refractivity contribution is -0.128. The van der Waals surface area contributed by atoms with Crippen LogP contribution in [0.2, 0.25) is 0 Å². The second-order valence-electron chi connectivity index (χ2n) is 7.40. The molecule has 2 atom stereocenters. The van der Waals surface area contributed by atoms with Crippen LogP contribution >= 0.6 is 0 Å². The van der Waals surface area contributed by atoms with E-state index in [4.69, 9.17) is 14.2 Å². The van der Waals surface area contributed by atoms with Crippen LogP contribution in [0.3, 0.4) is 0 Å². The van der Waals surface area contributed by atoms with Crippen molar-refractivity contribution in [2.24, 2.45) is 0 Å². The Labute approximate surface area is 168 Å². The molecule has 29 heavy (non-hydrogen) atoms. The minimum Gasteiger partial charge on any atom is -0.493 e. The van der Waals surface area contributed by atoms with Gasteiger partial charge in [-0.3, -0.25) is 4.79 Å². The largest absolute Gasteiger partial charge is 0.493 e. The molecule has 2 aliphatic heterocycles. The Morgan fingerprint density at radius 2 is 2.07 bits per heavy atom. The lowest BCUT2D eigenvalue weighted by Crippen LogP contribution is -2.25. The minimum absolute atomic E-state index is 0.0168. The number of carbonyl (C=O) groups is 1. The molecule has 0 bridgehead atoms. The molecule has 4 rings (SSSR count). The molecule has 0 aliphatic carbocycles. The summed E-state index contributed by atoms with van der Waals surface area (Å²) in [6.45, 7) is 1.71. The number of hydrogen-bond donors (Lipinski definition) is 0. The molecule has 2 aromatic rings. The van der Waals surface area contributed by atoms with Gasteiger partial charge in [-0.1, -0.05) is 18.2 Å². The average Bonchev–Trinajstić information content (AvgIpc) is 3.35. The average molecular weight is 403 g/mol. The summed E-state index contributed by atoms with van der Waals surface area (Å²) in [7, 11) is 1.58. The maximum atomic E-state index is 14.0. The number of hydrogen-bond acceptors (Lipinski definition) is 4. The third kappa shape index (κ3) is 4.19. The summed E-state index contributed by atoms with van der Waals surface area (Å²) in [4.78, 5) is 14.1. The third-order valence-corrected chi connectivity index (χ3v) is 5.45. The van der Waals surface area contributed by atoms with E-state index in [1.165, 1.54) is 12.1 Å². The fourth-order valence-corrected chi connectivity index (χ4v) is 3.85. The molecule has 1 amide bonds. The van der Waals surface area contributed by atoms with Crippen LogP contribution in [-0.2, 0) is 16.1 Å². The highest BCUT2D eigenvalue weighted by atomic mass is 19.2. The summed E-state index contributed by atoms with van der Waals surface area (Å²) in [5.41, 5.74) is 1.13. The van der Waals surface area contributed by atoms with Gasteiger partial charge in [-0.15, -0.1) is 0 Å². The third-order valence-electron chi connectivity index (χ3n) is 5.45. The first-order chi connectivity index (χ1) is 14.0. The predicted molar refractivity (Wildman–Crippen MR) is 102 cm³/mol. The lowest BCUT2D eigenvalue weighted by Gasteiger charge is -2.19. The van der Waals surface area contributed by atoms with Crippen LogP contribution in [0.5, 0.6) is 11.5 Å². The van der Waals surface area contributed by atoms with Crippen LogP contribution in [-0.4, -0.2) is 43.8 Å². The van der Waals surface area contributed by atoms with Gasteiger partial charge >= 0.3 is 0 Å². The number of nitrogens with zero attached hydrogens (tertiary/aromatic N) is 1. The number of amides is 1. The van der Waals surface area contributed by atoms with Gasteiger partial charge in [-0.2, -0.15) is 0 Å². The highest BCUT2D eigenvalue weighted by Crippen LogP contribution is 2.36. The van der Waals surface area contributed by atoms with Crippen LogP contribution in [0.15, 0.2) is 36.4 Å². The molecule has 0 aromatic heterocycles. The smallest absolute Gasteiger partial charge is 0.223 e. The van der Waals surface area contributed by atoms with Crippen molar-refractivity contribution in [1.29, 1.82) is 0 Å². The summed E-state index contributed by atoms with van der Waals surface area (Å²) in [6.07, 6.45) is 1.12. The predicted octanol–water partition coefficient (Wildman–Crippen LogP) is 3.66. The van der Waals surface area contributed by atoms with Crippen molar-refractivity contribution in [2.45, 2.75) is 31.4 Å². The van der Waals surface area contributed by atoms with Gasteiger partial charge in [0.2, 0.25) is 5.91 Å². The number of halogens is 2. The van der Waals surface area contributed by atoms with E-state index in [9.17, 15) is 13.6 Å². The second-order valence-corrected chi connectivity index (χ2v) is 7.40. The van der Waals surface area contributed by atoms with Crippen molar-refractivity contribution < 1.29 is 27.8 Å². The van der Waals surface area contributed by atoms with E-state index in [1.807, 2.05) is 18.2 Å². The molecule has 0 N–H and O–H groups in total. The monoisotopic (exact) mass is 403 g/mol. The van der Waals surface area contributed by atoms with Gasteiger partial charge in [0.15, 0.2) is 23.1 Å². The Morgan fingerprint density at radius 3 is 2.83 bits per heavy atom. The molecular weight excluding hydrogens is 380 g/mol. The van der Waals surface area contributed by atoms with Crippen molar-refractivity contribution in [2.75, 3.05) is 26.9 Å². The second kappa shape index (κ2) is 8.37. The van der Waals surface area contributed by atoms with E-state index in [-0.39, 0.29) is 30.0 Å². The topological polar surface area (TPSA) is 48.0 Å². The van der Waals surface area contributed by atoms with E-state index in [0.717, 1.165) is 18.1 Å². The Bertz CT molecular complexity index is 898. The van der Waals surface area contributed by atoms with Crippen molar-refractivity contribution in [3.8, 4) is 11.5 Å². The molecule has 2 heterocycles. The first-order valence-corrected chi connectivity index (χ1v) is 9.68. The van der Waals surface area contributed by atoms with Gasteiger partial charge in [0.05, 0.1) is 20.3 Å². The van der Waals surface area contributed by atoms with E-state index in [1.54, 1.807) is 12.0 Å². The summed E-state index contributed by atoms with van der Waals surface area (Å²) < 4.78 is 44.2. The van der Waals surface area contributed by atoms with Crippen LogP contribution in [0.25, 0.3) is 0 Å². The number of rotatable bonds is 6. The van der Waals surface area contributed by atoms with E-state index in [0.29, 0.717) is 37.7 Å². The van der Waals surface area contributed by atoms with Crippen LogP contribution in [0.1, 0.15) is 29.9 Å². The van der Waals surface area contributed by atoms with E-state index < -0.39 is 11.6 Å². The van der Waals surface area contributed by atoms with Crippen LogP contribution in [0, 0.1) is 11.6 Å². The fourth-order valence-electron chi connectivity index (χ4n) is 3.85. The van der Waals surface area contributed by atoms with Crippen molar-refractivity contribution in [3.63, 3.8) is 0 Å². The SMILES string of the molecule is COc1ccc(C2CC(=O)N(Cc3cccc(F)c3F)C2)cc1OC1CCOC1. The molecular formula is C22H23F2NO4. The zero-order valence-electron chi connectivity index (χ0n) is 16.2. The van der Waals surface area contributed by atoms with Gasteiger partial charge in [-0.05, 0) is 23.8 Å². The summed E-state index contributed by atoms with van der Waals surface area (Å²) in [6, 6.07) is 9.68. The Kier molecular flexibility index (Phi) is 5.67. The van der Waals surface area contributed by atoms with Crippen molar-refractivity contribution in [1.82, 2.24) is 4.90 Å². The maximum Gasteiger partial charge on any atom is 0.223 e. The van der Waals surface area contributed by atoms with E-state index in [2.05, 4.69) is 0 Å². The first kappa shape index (κ1) is 19.6. The first-order valence-electron chi connectivity index (χ1n) is 9.68. The van der Waals surface area contributed by atoms with Crippen molar-refractivity contribution >= 4 is 5.91 Å². The summed E-state index contributed by atoms with van der Waals surface area (Å²) >= 11 is 0. The number of benzene rings is 2. The molecule has 2 saturated heterocycles. The highest BCUT2D eigenvalue weighted by Gasteiger charge is 2.32. The molecule has 154 valence electrons. The van der Waals surface area contributed by atoms with E-state index >= 15 is 0 Å². The van der Waals surface area contributed by atoms with Crippen LogP contribution < -0.4 is 9.47 Å². The zero-order chi connectivity index (χ0) is 20.4. The van der Waals surface area contributed by atoms with Gasteiger partial charge in [0.1, 0.15) is 6.10 Å². The number of likely N-dealkylation sites (tertiary alicyclic amines) is 1. The summed E-state index contributed by atoms with van der Waals surface area (Å²) in [5, 5.41) is 0. The van der Waals surface area contributed by atoms with Crippen molar-refractivity contribution in [3.05, 3.63) is 59.2 Å². The molecule has 0 radical (unpaired) electrons. The van der Waals surface area contributed by atoms with Gasteiger partial charge < -0.3 is 19.1 Å². The molecule has 5 nitrogen and oxygen atoms in total. The fraction of sp³-hybridized carbons (Fsp3) is 0.409. The molecule has 2 fully saturated rings. The summed E-state index contributed by atoms with van der Waals surface area (Å²) in [5.74, 6) is -0.680. The quantitative estimate of drug-likeness (QED) is 0.739. The maximum absolute atomic E-state index is 14.0. The molecule has 2 aliphatic rings. The Balaban J connectivity index is 1.50. The zero-order valence-corrected chi connectivity index (χ0v) is 16.2. The van der Waals surface area contributed by atoms with Gasteiger partial charge in [0, 0.05) is 37.4 Å². The Hall–Kier alpha value is -2.67. The molecule has 0 saturated carbocycles. The standard InChI is InChI=1S/C22H23F2NO4/c1-27-19-6-5-14(9-20(19)29-17-7-8-28-13-17)16-10-21(26)25(12-16)11-15-3-2-4-18(23)22(15)24/h2-6,9,16-17H,7-8,10-13H2,1H3. The number of ether oxygens (including phenoxy) is 3. The number of methoxy groups -OCH3 is 1. The van der Waals surface area contributed by atoms with Gasteiger partial charge in [-0.25, -0.2) is 8.78 Å². The molecule has 7 heteroatoms. The lowest BCUT2D eigenvalue weighted by atomic mass is 9.98. The van der Waals surface area contributed by atoms with Crippen LogP contribution in [0.4, 0.5) is 8.78 Å². The number of carbonyl (C=O) groups excluding carboxylic acids is 1. The van der Waals surface area contributed by atoms with Gasteiger partial charge in [0.25, 0.3) is 0 Å².